The van der Waals surface area contributed by atoms with Crippen LogP contribution in [-0.2, 0) is 0 Å². The molecule has 1 saturated carbocycles. The third kappa shape index (κ3) is 2.76. The highest BCUT2D eigenvalue weighted by Gasteiger charge is 2.27. The number of nitro groups is 1. The summed E-state index contributed by atoms with van der Waals surface area (Å²) < 4.78 is 5.79. The van der Waals surface area contributed by atoms with Crippen LogP contribution in [0.25, 0.3) is 0 Å². The fourth-order valence-corrected chi connectivity index (χ4v) is 2.37. The highest BCUT2D eigenvalue weighted by molar-refractivity contribution is 5.43. The van der Waals surface area contributed by atoms with Crippen LogP contribution in [0.1, 0.15) is 25.7 Å². The summed E-state index contributed by atoms with van der Waals surface area (Å²) in [5, 5.41) is 10.9. The van der Waals surface area contributed by atoms with E-state index in [2.05, 4.69) is 4.98 Å². The number of nitrogens with zero attached hydrogens (tertiary/aromatic N) is 2. The number of pyridine rings is 1. The first kappa shape index (κ1) is 12.8. The molecular formula is C12H17N3O3. The molecule has 98 valence electrons. The summed E-state index contributed by atoms with van der Waals surface area (Å²) in [7, 11) is 0. The summed E-state index contributed by atoms with van der Waals surface area (Å²) in [5.41, 5.74) is 5.63. The third-order valence-corrected chi connectivity index (χ3v) is 3.38. The van der Waals surface area contributed by atoms with Gasteiger partial charge in [0.05, 0.1) is 4.92 Å². The number of hydrogen-bond acceptors (Lipinski definition) is 5. The number of hydrogen-bond donors (Lipinski definition) is 1. The van der Waals surface area contributed by atoms with Crippen LogP contribution in [-0.4, -0.2) is 22.6 Å². The van der Waals surface area contributed by atoms with E-state index in [1.54, 1.807) is 6.07 Å². The second-order valence-corrected chi connectivity index (χ2v) is 4.54. The molecule has 2 atom stereocenters. The van der Waals surface area contributed by atoms with Crippen LogP contribution in [0.3, 0.4) is 0 Å². The number of rotatable bonds is 4. The first-order chi connectivity index (χ1) is 8.72. The molecule has 0 amide bonds. The second kappa shape index (κ2) is 5.77. The Kier molecular flexibility index (Phi) is 4.09. The van der Waals surface area contributed by atoms with Crippen LogP contribution < -0.4 is 10.5 Å². The molecule has 6 heteroatoms. The summed E-state index contributed by atoms with van der Waals surface area (Å²) in [5.74, 6) is 0.576. The quantitative estimate of drug-likeness (QED) is 0.651. The molecule has 18 heavy (non-hydrogen) atoms. The van der Waals surface area contributed by atoms with Gasteiger partial charge < -0.3 is 10.5 Å². The lowest BCUT2D eigenvalue weighted by Gasteiger charge is -2.30. The molecule has 1 aromatic rings. The zero-order valence-corrected chi connectivity index (χ0v) is 10.1. The monoisotopic (exact) mass is 251 g/mol. The van der Waals surface area contributed by atoms with Crippen molar-refractivity contribution in [1.29, 1.82) is 0 Å². The van der Waals surface area contributed by atoms with Gasteiger partial charge in [-0.25, -0.2) is 0 Å². The fraction of sp³-hybridized carbons (Fsp3) is 0.583. The minimum absolute atomic E-state index is 0.0233. The zero-order chi connectivity index (χ0) is 13.0. The van der Waals surface area contributed by atoms with Gasteiger partial charge in [0.25, 0.3) is 0 Å². The number of nitrogens with two attached hydrogens (primary N) is 1. The van der Waals surface area contributed by atoms with E-state index in [0.717, 1.165) is 25.7 Å². The lowest BCUT2D eigenvalue weighted by atomic mass is 9.86. The van der Waals surface area contributed by atoms with E-state index in [1.807, 2.05) is 0 Å². The average Bonchev–Trinajstić information content (AvgIpc) is 2.40. The first-order valence-corrected chi connectivity index (χ1v) is 6.17. The molecule has 1 aliphatic rings. The van der Waals surface area contributed by atoms with Crippen LogP contribution in [0, 0.1) is 16.0 Å². The third-order valence-electron chi connectivity index (χ3n) is 3.38. The highest BCUT2D eigenvalue weighted by atomic mass is 16.6. The minimum Gasteiger partial charge on any atom is -0.483 e. The maximum atomic E-state index is 10.9. The molecule has 0 radical (unpaired) electrons. The summed E-state index contributed by atoms with van der Waals surface area (Å²) in [6.45, 7) is 0.559. The summed E-state index contributed by atoms with van der Waals surface area (Å²) in [4.78, 5) is 14.2. The van der Waals surface area contributed by atoms with Crippen LogP contribution >= 0.6 is 0 Å². The van der Waals surface area contributed by atoms with Gasteiger partial charge in [-0.3, -0.25) is 15.1 Å². The van der Waals surface area contributed by atoms with Gasteiger partial charge in [-0.1, -0.05) is 6.42 Å². The van der Waals surface area contributed by atoms with E-state index in [-0.39, 0.29) is 17.7 Å². The van der Waals surface area contributed by atoms with Crippen molar-refractivity contribution in [3.8, 4) is 5.75 Å². The van der Waals surface area contributed by atoms with Gasteiger partial charge >= 0.3 is 5.69 Å². The van der Waals surface area contributed by atoms with Crippen molar-refractivity contribution in [3.63, 3.8) is 0 Å². The van der Waals surface area contributed by atoms with Gasteiger partial charge in [-0.15, -0.1) is 0 Å². The topological polar surface area (TPSA) is 91.3 Å². The first-order valence-electron chi connectivity index (χ1n) is 6.17. The SMILES string of the molecule is NCC1CCCCC1Oc1ccncc1[N+](=O)[O-]. The summed E-state index contributed by atoms with van der Waals surface area (Å²) >= 11 is 0. The molecule has 0 aliphatic heterocycles. The van der Waals surface area contributed by atoms with E-state index in [9.17, 15) is 10.1 Å². The summed E-state index contributed by atoms with van der Waals surface area (Å²) in [6.07, 6.45) is 6.87. The Balaban J connectivity index is 2.15. The minimum atomic E-state index is -0.470. The van der Waals surface area contributed by atoms with E-state index in [0.29, 0.717) is 12.3 Å². The van der Waals surface area contributed by atoms with Gasteiger partial charge in [0.15, 0.2) is 0 Å². The molecule has 0 saturated heterocycles. The molecule has 0 bridgehead atoms. The van der Waals surface area contributed by atoms with Gasteiger partial charge in [0, 0.05) is 18.2 Å². The normalized spacial score (nSPS) is 23.6. The Morgan fingerprint density at radius 2 is 2.28 bits per heavy atom. The van der Waals surface area contributed by atoms with Crippen molar-refractivity contribution in [2.45, 2.75) is 31.8 Å². The molecule has 2 unspecified atom stereocenters. The molecule has 2 rings (SSSR count). The molecule has 6 nitrogen and oxygen atoms in total. The predicted molar refractivity (Wildman–Crippen MR) is 66.3 cm³/mol. The van der Waals surface area contributed by atoms with Crippen molar-refractivity contribution in [2.24, 2.45) is 11.7 Å². The fourth-order valence-electron chi connectivity index (χ4n) is 2.37. The Bertz CT molecular complexity index is 425. The van der Waals surface area contributed by atoms with Gasteiger partial charge in [-0.05, 0) is 25.8 Å². The van der Waals surface area contributed by atoms with E-state index in [4.69, 9.17) is 10.5 Å². The number of ether oxygens (including phenoxy) is 1. The average molecular weight is 251 g/mol. The molecular weight excluding hydrogens is 234 g/mol. The standard InChI is InChI=1S/C12H17N3O3/c13-7-9-3-1-2-4-11(9)18-12-5-6-14-8-10(12)15(16)17/h5-6,8-9,11H,1-4,7,13H2. The zero-order valence-electron chi connectivity index (χ0n) is 10.1. The van der Waals surface area contributed by atoms with Crippen LogP contribution in [0.4, 0.5) is 5.69 Å². The van der Waals surface area contributed by atoms with Crippen molar-refractivity contribution >= 4 is 5.69 Å². The molecule has 1 aromatic heterocycles. The van der Waals surface area contributed by atoms with Crippen molar-refractivity contribution in [3.05, 3.63) is 28.6 Å². The van der Waals surface area contributed by atoms with Gasteiger partial charge in [0.2, 0.25) is 5.75 Å². The Labute approximate surface area is 105 Å². The van der Waals surface area contributed by atoms with Crippen LogP contribution in [0.5, 0.6) is 5.75 Å². The molecule has 0 spiro atoms. The van der Waals surface area contributed by atoms with E-state index >= 15 is 0 Å². The summed E-state index contributed by atoms with van der Waals surface area (Å²) in [6, 6.07) is 1.54. The highest BCUT2D eigenvalue weighted by Crippen LogP contribution is 2.32. The van der Waals surface area contributed by atoms with Crippen LogP contribution in [0.15, 0.2) is 18.5 Å². The van der Waals surface area contributed by atoms with E-state index < -0.39 is 4.92 Å². The number of aromatic nitrogens is 1. The molecule has 1 fully saturated rings. The maximum absolute atomic E-state index is 10.9. The maximum Gasteiger partial charge on any atom is 0.329 e. The van der Waals surface area contributed by atoms with Crippen molar-refractivity contribution in [1.82, 2.24) is 4.98 Å². The van der Waals surface area contributed by atoms with Crippen molar-refractivity contribution < 1.29 is 9.66 Å². The van der Waals surface area contributed by atoms with Crippen LogP contribution in [0.2, 0.25) is 0 Å². The Hall–Kier alpha value is -1.69. The molecule has 1 heterocycles. The Morgan fingerprint density at radius 1 is 1.50 bits per heavy atom. The Morgan fingerprint density at radius 3 is 3.00 bits per heavy atom. The smallest absolute Gasteiger partial charge is 0.329 e. The van der Waals surface area contributed by atoms with Crippen molar-refractivity contribution in [2.75, 3.05) is 6.54 Å². The molecule has 2 N–H and O–H groups in total. The predicted octanol–water partition coefficient (Wildman–Crippen LogP) is 1.89. The molecule has 1 aliphatic carbocycles. The van der Waals surface area contributed by atoms with E-state index in [1.165, 1.54) is 12.4 Å². The molecule has 0 aromatic carbocycles. The van der Waals surface area contributed by atoms with Gasteiger partial charge in [0.1, 0.15) is 12.3 Å². The lowest BCUT2D eigenvalue weighted by Crippen LogP contribution is -2.35. The largest absolute Gasteiger partial charge is 0.483 e. The lowest BCUT2D eigenvalue weighted by molar-refractivity contribution is -0.386. The second-order valence-electron chi connectivity index (χ2n) is 4.54. The van der Waals surface area contributed by atoms with Gasteiger partial charge in [-0.2, -0.15) is 0 Å².